The lowest BCUT2D eigenvalue weighted by Gasteiger charge is -2.26. The average Bonchev–Trinajstić information content (AvgIpc) is 3.09. The summed E-state index contributed by atoms with van der Waals surface area (Å²) in [6.07, 6.45) is 0.850. The van der Waals surface area contributed by atoms with Crippen LogP contribution in [0.5, 0.6) is 11.5 Å². The highest BCUT2D eigenvalue weighted by Gasteiger charge is 2.35. The number of benzene rings is 1. The van der Waals surface area contributed by atoms with E-state index in [0.717, 1.165) is 17.9 Å². The van der Waals surface area contributed by atoms with Crippen molar-refractivity contribution in [1.82, 2.24) is 5.32 Å². The molecule has 2 amide bonds. The maximum absolute atomic E-state index is 12.1. The van der Waals surface area contributed by atoms with Crippen molar-refractivity contribution in [3.8, 4) is 11.5 Å². The molecule has 1 heterocycles. The van der Waals surface area contributed by atoms with E-state index in [1.54, 1.807) is 37.1 Å². The Morgan fingerprint density at radius 2 is 2.00 bits per heavy atom. The van der Waals surface area contributed by atoms with Gasteiger partial charge in [0.25, 0.3) is 0 Å². The molecule has 0 bridgehead atoms. The first-order chi connectivity index (χ1) is 11.5. The monoisotopic (exact) mass is 354 g/mol. The summed E-state index contributed by atoms with van der Waals surface area (Å²) in [6.45, 7) is 0.308. The summed E-state index contributed by atoms with van der Waals surface area (Å²) < 4.78 is 15.8. The number of hydrogen-bond acceptors (Lipinski definition) is 6. The minimum absolute atomic E-state index is 0.308. The van der Waals surface area contributed by atoms with Crippen LogP contribution >= 0.6 is 11.8 Å². The van der Waals surface area contributed by atoms with E-state index in [1.807, 2.05) is 0 Å². The van der Waals surface area contributed by atoms with Gasteiger partial charge in [-0.1, -0.05) is 0 Å². The zero-order chi connectivity index (χ0) is 17.6. The van der Waals surface area contributed by atoms with E-state index in [2.05, 4.69) is 10.6 Å². The molecule has 0 aromatic heterocycles. The van der Waals surface area contributed by atoms with Gasteiger partial charge in [-0.2, -0.15) is 11.8 Å². The van der Waals surface area contributed by atoms with Gasteiger partial charge >= 0.3 is 11.8 Å². The Hall–Kier alpha value is -1.93. The predicted octanol–water partition coefficient (Wildman–Crippen LogP) is 1.28. The molecule has 8 heteroatoms. The van der Waals surface area contributed by atoms with E-state index in [0.29, 0.717) is 23.7 Å². The van der Waals surface area contributed by atoms with Crippen LogP contribution in [0.15, 0.2) is 18.2 Å². The molecule has 1 atom stereocenters. The number of hydrogen-bond donors (Lipinski definition) is 2. The fourth-order valence-electron chi connectivity index (χ4n) is 2.36. The van der Waals surface area contributed by atoms with Crippen molar-refractivity contribution < 1.29 is 23.8 Å². The highest BCUT2D eigenvalue weighted by molar-refractivity contribution is 7.99. The van der Waals surface area contributed by atoms with Crippen LogP contribution in [0.3, 0.4) is 0 Å². The molecule has 0 aliphatic carbocycles. The minimum atomic E-state index is -0.754. The molecule has 0 radical (unpaired) electrons. The summed E-state index contributed by atoms with van der Waals surface area (Å²) in [7, 11) is 4.64. The first-order valence-corrected chi connectivity index (χ1v) is 8.63. The topological polar surface area (TPSA) is 85.9 Å². The first kappa shape index (κ1) is 18.4. The third-order valence-corrected chi connectivity index (χ3v) is 5.16. The van der Waals surface area contributed by atoms with Crippen molar-refractivity contribution in [3.63, 3.8) is 0 Å². The van der Waals surface area contributed by atoms with Crippen LogP contribution in [0.2, 0.25) is 0 Å². The molecule has 0 saturated carbocycles. The number of rotatable bonds is 6. The number of thioether (sulfide) groups is 1. The normalized spacial score (nSPS) is 19.6. The number of anilines is 1. The molecule has 2 N–H and O–H groups in total. The third kappa shape index (κ3) is 4.33. The molecule has 132 valence electrons. The lowest BCUT2D eigenvalue weighted by molar-refractivity contribution is -0.136. The maximum Gasteiger partial charge on any atom is 0.313 e. The van der Waals surface area contributed by atoms with Gasteiger partial charge in [0.15, 0.2) is 0 Å². The summed E-state index contributed by atoms with van der Waals surface area (Å²) >= 11 is 1.77. The summed E-state index contributed by atoms with van der Waals surface area (Å²) in [4.78, 5) is 24.1. The van der Waals surface area contributed by atoms with Crippen molar-refractivity contribution in [2.45, 2.75) is 12.0 Å². The molecule has 1 aromatic rings. The molecule has 1 aliphatic rings. The minimum Gasteiger partial charge on any atom is -0.497 e. The Kier molecular flexibility index (Phi) is 6.33. The number of carbonyl (C=O) groups is 2. The number of nitrogens with one attached hydrogen (secondary N) is 2. The van der Waals surface area contributed by atoms with Crippen LogP contribution in [0, 0.1) is 0 Å². The fraction of sp³-hybridized carbons (Fsp3) is 0.500. The van der Waals surface area contributed by atoms with Gasteiger partial charge in [-0.3, -0.25) is 9.59 Å². The van der Waals surface area contributed by atoms with E-state index in [4.69, 9.17) is 14.2 Å². The van der Waals surface area contributed by atoms with Crippen LogP contribution < -0.4 is 20.1 Å². The second-order valence-corrected chi connectivity index (χ2v) is 6.50. The Bertz CT molecular complexity index is 602. The predicted molar refractivity (Wildman–Crippen MR) is 92.9 cm³/mol. The van der Waals surface area contributed by atoms with Gasteiger partial charge in [-0.25, -0.2) is 0 Å². The van der Waals surface area contributed by atoms with Crippen LogP contribution in [0.4, 0.5) is 5.69 Å². The van der Waals surface area contributed by atoms with Gasteiger partial charge in [-0.05, 0) is 24.3 Å². The Morgan fingerprint density at radius 3 is 2.58 bits per heavy atom. The highest BCUT2D eigenvalue weighted by atomic mass is 32.2. The number of carbonyl (C=O) groups excluding carboxylic acids is 2. The summed E-state index contributed by atoms with van der Waals surface area (Å²) in [5.41, 5.74) is 0.00891. The van der Waals surface area contributed by atoms with Crippen LogP contribution in [0.1, 0.15) is 6.42 Å². The van der Waals surface area contributed by atoms with E-state index in [1.165, 1.54) is 14.2 Å². The van der Waals surface area contributed by atoms with Crippen molar-refractivity contribution in [2.24, 2.45) is 0 Å². The quantitative estimate of drug-likeness (QED) is 0.749. The van der Waals surface area contributed by atoms with Crippen molar-refractivity contribution >= 4 is 29.3 Å². The van der Waals surface area contributed by atoms with Gasteiger partial charge in [-0.15, -0.1) is 0 Å². The molecular weight excluding hydrogens is 332 g/mol. The largest absolute Gasteiger partial charge is 0.497 e. The van der Waals surface area contributed by atoms with E-state index in [-0.39, 0.29) is 0 Å². The lowest BCUT2D eigenvalue weighted by Crippen LogP contribution is -2.47. The Labute approximate surface area is 145 Å². The molecule has 1 fully saturated rings. The molecule has 0 spiro atoms. The highest BCUT2D eigenvalue weighted by Crippen LogP contribution is 2.30. The Morgan fingerprint density at radius 1 is 1.21 bits per heavy atom. The fourth-order valence-corrected chi connectivity index (χ4v) is 3.76. The van der Waals surface area contributed by atoms with E-state index in [9.17, 15) is 9.59 Å². The molecular formula is C16H22N2O5S. The van der Waals surface area contributed by atoms with Gasteiger partial charge in [0.05, 0.1) is 25.5 Å². The molecule has 1 unspecified atom stereocenters. The van der Waals surface area contributed by atoms with Crippen molar-refractivity contribution in [2.75, 3.05) is 44.7 Å². The second-order valence-electron chi connectivity index (χ2n) is 5.39. The smallest absolute Gasteiger partial charge is 0.313 e. The van der Waals surface area contributed by atoms with Crippen LogP contribution in [-0.4, -0.2) is 56.8 Å². The molecule has 1 aromatic carbocycles. The van der Waals surface area contributed by atoms with Gasteiger partial charge < -0.3 is 24.8 Å². The summed E-state index contributed by atoms with van der Waals surface area (Å²) in [5, 5.41) is 5.18. The number of ether oxygens (including phenoxy) is 3. The molecule has 1 saturated heterocycles. The van der Waals surface area contributed by atoms with Crippen molar-refractivity contribution in [1.29, 1.82) is 0 Å². The third-order valence-electron chi connectivity index (χ3n) is 3.93. The zero-order valence-corrected chi connectivity index (χ0v) is 14.8. The van der Waals surface area contributed by atoms with Gasteiger partial charge in [0, 0.05) is 25.5 Å². The van der Waals surface area contributed by atoms with Crippen LogP contribution in [-0.2, 0) is 14.3 Å². The first-order valence-electron chi connectivity index (χ1n) is 7.47. The molecule has 1 aliphatic heterocycles. The van der Waals surface area contributed by atoms with Gasteiger partial charge in [0.1, 0.15) is 11.5 Å². The summed E-state index contributed by atoms with van der Waals surface area (Å²) in [6, 6.07) is 4.92. The number of methoxy groups -OCH3 is 3. The number of amides is 2. The summed E-state index contributed by atoms with van der Waals surface area (Å²) in [5.74, 6) is 1.33. The van der Waals surface area contributed by atoms with E-state index >= 15 is 0 Å². The van der Waals surface area contributed by atoms with Crippen molar-refractivity contribution in [3.05, 3.63) is 18.2 Å². The maximum atomic E-state index is 12.1. The zero-order valence-electron chi connectivity index (χ0n) is 14.0. The Balaban J connectivity index is 1.95. The van der Waals surface area contributed by atoms with Gasteiger partial charge in [0.2, 0.25) is 0 Å². The van der Waals surface area contributed by atoms with Crippen LogP contribution in [0.25, 0.3) is 0 Å². The second kappa shape index (κ2) is 8.25. The van der Waals surface area contributed by atoms with E-state index < -0.39 is 17.4 Å². The molecule has 7 nitrogen and oxygen atoms in total. The SMILES string of the molecule is COc1ccc(NC(=O)C(=O)NCC2(OC)CCSC2)c(OC)c1. The molecule has 24 heavy (non-hydrogen) atoms. The average molecular weight is 354 g/mol. The lowest BCUT2D eigenvalue weighted by atomic mass is 10.0. The standard InChI is InChI=1S/C16H22N2O5S/c1-21-11-4-5-12(13(8-11)22-2)18-15(20)14(19)17-9-16(23-3)6-7-24-10-16/h4-5,8H,6-7,9-10H2,1-3H3,(H,17,19)(H,18,20). The molecule has 2 rings (SSSR count).